The maximum absolute atomic E-state index is 10.9. The summed E-state index contributed by atoms with van der Waals surface area (Å²) in [7, 11) is 0. The Bertz CT molecular complexity index is 657. The van der Waals surface area contributed by atoms with Gasteiger partial charge in [0.1, 0.15) is 0 Å². The second-order valence-corrected chi connectivity index (χ2v) is 5.93. The Labute approximate surface area is 123 Å². The van der Waals surface area contributed by atoms with Crippen LogP contribution >= 0.6 is 0 Å². The van der Waals surface area contributed by atoms with Crippen LogP contribution in [0.25, 0.3) is 0 Å². The molecule has 4 nitrogen and oxygen atoms in total. The van der Waals surface area contributed by atoms with Crippen LogP contribution in [0.5, 0.6) is 0 Å². The highest BCUT2D eigenvalue weighted by Gasteiger charge is 2.36. The topological polar surface area (TPSA) is 69.2 Å². The van der Waals surface area contributed by atoms with Gasteiger partial charge in [-0.05, 0) is 47.9 Å². The molecule has 0 saturated carbocycles. The summed E-state index contributed by atoms with van der Waals surface area (Å²) in [6, 6.07) is 15.3. The highest BCUT2D eigenvalue weighted by molar-refractivity contribution is 5.38. The predicted octanol–water partition coefficient (Wildman–Crippen LogP) is 2.88. The van der Waals surface area contributed by atoms with Gasteiger partial charge in [0.2, 0.25) is 0 Å². The highest BCUT2D eigenvalue weighted by Crippen LogP contribution is 2.39. The standard InChI is InChI=1S/C17H18N2O2/c18-12-17(10-14-5-1-2-6-15(14)11-17)9-13-4-3-7-16(8-13)19(20)21/h1-8H,9-12,18H2. The van der Waals surface area contributed by atoms with Crippen LogP contribution in [0.1, 0.15) is 16.7 Å². The summed E-state index contributed by atoms with van der Waals surface area (Å²) in [6.45, 7) is 0.588. The van der Waals surface area contributed by atoms with Crippen molar-refractivity contribution >= 4 is 5.69 Å². The van der Waals surface area contributed by atoms with Gasteiger partial charge >= 0.3 is 0 Å². The fraction of sp³-hybridized carbons (Fsp3) is 0.294. The number of nitro groups is 1. The molecule has 0 unspecified atom stereocenters. The van der Waals surface area contributed by atoms with Crippen LogP contribution in [0.2, 0.25) is 0 Å². The second-order valence-electron chi connectivity index (χ2n) is 5.93. The number of rotatable bonds is 4. The summed E-state index contributed by atoms with van der Waals surface area (Å²) >= 11 is 0. The van der Waals surface area contributed by atoms with Crippen LogP contribution in [-0.2, 0) is 19.3 Å². The van der Waals surface area contributed by atoms with Crippen LogP contribution < -0.4 is 5.73 Å². The molecule has 0 aliphatic heterocycles. The zero-order valence-corrected chi connectivity index (χ0v) is 11.8. The molecule has 0 radical (unpaired) electrons. The number of hydrogen-bond acceptors (Lipinski definition) is 3. The van der Waals surface area contributed by atoms with E-state index in [2.05, 4.69) is 24.3 Å². The van der Waals surface area contributed by atoms with Gasteiger partial charge in [0.25, 0.3) is 5.69 Å². The molecule has 21 heavy (non-hydrogen) atoms. The van der Waals surface area contributed by atoms with E-state index >= 15 is 0 Å². The van der Waals surface area contributed by atoms with E-state index in [1.54, 1.807) is 12.1 Å². The van der Waals surface area contributed by atoms with Gasteiger partial charge in [-0.25, -0.2) is 0 Å². The van der Waals surface area contributed by atoms with Crippen molar-refractivity contribution in [3.63, 3.8) is 0 Å². The molecule has 0 saturated heterocycles. The molecule has 2 N–H and O–H groups in total. The molecule has 0 bridgehead atoms. The molecule has 0 heterocycles. The Kier molecular flexibility index (Phi) is 3.47. The van der Waals surface area contributed by atoms with Gasteiger partial charge in [0.05, 0.1) is 4.92 Å². The Morgan fingerprint density at radius 1 is 1.10 bits per heavy atom. The molecule has 0 amide bonds. The first kappa shape index (κ1) is 13.8. The van der Waals surface area contributed by atoms with Gasteiger partial charge in [-0.15, -0.1) is 0 Å². The minimum absolute atomic E-state index is 0.0150. The molecule has 3 rings (SSSR count). The lowest BCUT2D eigenvalue weighted by molar-refractivity contribution is -0.384. The van der Waals surface area contributed by atoms with E-state index in [9.17, 15) is 10.1 Å². The third-order valence-electron chi connectivity index (χ3n) is 4.38. The molecular formula is C17H18N2O2. The first-order valence-electron chi connectivity index (χ1n) is 7.12. The minimum Gasteiger partial charge on any atom is -0.330 e. The molecular weight excluding hydrogens is 264 g/mol. The Hall–Kier alpha value is -2.20. The number of nitrogens with two attached hydrogens (primary N) is 1. The average Bonchev–Trinajstić information content (AvgIpc) is 2.86. The van der Waals surface area contributed by atoms with Gasteiger partial charge in [-0.2, -0.15) is 0 Å². The second kappa shape index (κ2) is 5.30. The van der Waals surface area contributed by atoms with E-state index in [0.29, 0.717) is 6.54 Å². The predicted molar refractivity (Wildman–Crippen MR) is 82.1 cm³/mol. The Morgan fingerprint density at radius 3 is 2.33 bits per heavy atom. The summed E-state index contributed by atoms with van der Waals surface area (Å²) in [5, 5.41) is 10.9. The lowest BCUT2D eigenvalue weighted by Crippen LogP contribution is -2.33. The van der Waals surface area contributed by atoms with E-state index in [1.807, 2.05) is 6.07 Å². The Balaban J connectivity index is 1.86. The monoisotopic (exact) mass is 282 g/mol. The largest absolute Gasteiger partial charge is 0.330 e. The van der Waals surface area contributed by atoms with Crippen molar-refractivity contribution in [2.45, 2.75) is 19.3 Å². The van der Waals surface area contributed by atoms with Crippen molar-refractivity contribution in [1.82, 2.24) is 0 Å². The van der Waals surface area contributed by atoms with Gasteiger partial charge in [0.15, 0.2) is 0 Å². The molecule has 0 atom stereocenters. The lowest BCUT2D eigenvalue weighted by Gasteiger charge is -2.27. The number of hydrogen-bond donors (Lipinski definition) is 1. The number of benzene rings is 2. The van der Waals surface area contributed by atoms with Crippen molar-refractivity contribution in [1.29, 1.82) is 0 Å². The molecule has 0 fully saturated rings. The van der Waals surface area contributed by atoms with Crippen molar-refractivity contribution in [2.75, 3.05) is 6.54 Å². The summed E-state index contributed by atoms with van der Waals surface area (Å²) in [5.41, 5.74) is 9.89. The smallest absolute Gasteiger partial charge is 0.269 e. The molecule has 1 aliphatic rings. The third kappa shape index (κ3) is 2.67. The molecule has 2 aromatic carbocycles. The van der Waals surface area contributed by atoms with Gasteiger partial charge < -0.3 is 5.73 Å². The highest BCUT2D eigenvalue weighted by atomic mass is 16.6. The summed E-state index contributed by atoms with van der Waals surface area (Å²) in [6.07, 6.45) is 2.67. The first-order chi connectivity index (χ1) is 10.1. The zero-order chi connectivity index (χ0) is 14.9. The third-order valence-corrected chi connectivity index (χ3v) is 4.38. The van der Waals surface area contributed by atoms with E-state index in [0.717, 1.165) is 24.8 Å². The quantitative estimate of drug-likeness (QED) is 0.692. The van der Waals surface area contributed by atoms with E-state index in [1.165, 1.54) is 17.2 Å². The van der Waals surface area contributed by atoms with Crippen molar-refractivity contribution in [3.8, 4) is 0 Å². The summed E-state index contributed by atoms with van der Waals surface area (Å²) in [5.74, 6) is 0. The molecule has 108 valence electrons. The average molecular weight is 282 g/mol. The molecule has 2 aromatic rings. The molecule has 0 spiro atoms. The van der Waals surface area contributed by atoms with Crippen molar-refractivity contribution < 1.29 is 4.92 Å². The lowest BCUT2D eigenvalue weighted by atomic mass is 9.79. The number of non-ortho nitro benzene ring substituents is 1. The van der Waals surface area contributed by atoms with Crippen LogP contribution in [-0.4, -0.2) is 11.5 Å². The SMILES string of the molecule is NCC1(Cc2cccc([N+](=O)[O-])c2)Cc2ccccc2C1. The van der Waals surface area contributed by atoms with Gasteiger partial charge in [-0.3, -0.25) is 10.1 Å². The number of nitrogens with zero attached hydrogens (tertiary/aromatic N) is 1. The van der Waals surface area contributed by atoms with Crippen LogP contribution in [0, 0.1) is 15.5 Å². The minimum atomic E-state index is -0.345. The van der Waals surface area contributed by atoms with Gasteiger partial charge in [-0.1, -0.05) is 36.4 Å². The molecule has 1 aliphatic carbocycles. The van der Waals surface area contributed by atoms with Crippen LogP contribution in [0.4, 0.5) is 5.69 Å². The molecule has 0 aromatic heterocycles. The van der Waals surface area contributed by atoms with Crippen LogP contribution in [0.3, 0.4) is 0 Å². The maximum atomic E-state index is 10.9. The van der Waals surface area contributed by atoms with Crippen molar-refractivity contribution in [2.24, 2.45) is 11.1 Å². The zero-order valence-electron chi connectivity index (χ0n) is 11.8. The maximum Gasteiger partial charge on any atom is 0.269 e. The molecule has 4 heteroatoms. The van der Waals surface area contributed by atoms with E-state index in [4.69, 9.17) is 5.73 Å². The van der Waals surface area contributed by atoms with Gasteiger partial charge in [0, 0.05) is 12.1 Å². The normalized spacial score (nSPS) is 15.7. The van der Waals surface area contributed by atoms with Crippen molar-refractivity contribution in [3.05, 3.63) is 75.3 Å². The van der Waals surface area contributed by atoms with Crippen LogP contribution in [0.15, 0.2) is 48.5 Å². The number of nitro benzene ring substituents is 1. The number of fused-ring (bicyclic) bond motifs is 1. The Morgan fingerprint density at radius 2 is 1.76 bits per heavy atom. The fourth-order valence-corrected chi connectivity index (χ4v) is 3.33. The summed E-state index contributed by atoms with van der Waals surface area (Å²) in [4.78, 5) is 10.6. The fourth-order valence-electron chi connectivity index (χ4n) is 3.33. The van der Waals surface area contributed by atoms with E-state index in [-0.39, 0.29) is 16.0 Å². The summed E-state index contributed by atoms with van der Waals surface area (Å²) < 4.78 is 0. The first-order valence-corrected chi connectivity index (χ1v) is 7.12. The van der Waals surface area contributed by atoms with E-state index < -0.39 is 0 Å².